The first-order valence-electron chi connectivity index (χ1n) is 12.5. The van der Waals surface area contributed by atoms with Crippen LogP contribution in [0.4, 0.5) is 5.69 Å². The van der Waals surface area contributed by atoms with Crippen LogP contribution in [0.2, 0.25) is 0 Å². The van der Waals surface area contributed by atoms with E-state index in [1.807, 2.05) is 18.5 Å². The molecule has 2 aliphatic heterocycles. The van der Waals surface area contributed by atoms with E-state index < -0.39 is 10.0 Å². The summed E-state index contributed by atoms with van der Waals surface area (Å²) < 4.78 is 34.1. The molecule has 34 heavy (non-hydrogen) atoms. The molecule has 184 valence electrons. The Kier molecular flexibility index (Phi) is 6.77. The maximum atomic E-state index is 13.2. The lowest BCUT2D eigenvalue weighted by molar-refractivity contribution is 0.00548. The molecule has 5 heterocycles. The molecule has 2 fully saturated rings. The molecule has 2 aliphatic rings. The molecule has 0 radical (unpaired) electrons. The van der Waals surface area contributed by atoms with Gasteiger partial charge in [0.1, 0.15) is 0 Å². The highest BCUT2D eigenvalue weighted by molar-refractivity contribution is 7.89. The molecule has 3 aromatic heterocycles. The van der Waals surface area contributed by atoms with Gasteiger partial charge in [-0.25, -0.2) is 18.4 Å². The SMILES string of the molecule is CC(C)COC1CCCN(S(=O)(=O)CC2CCN(c3cc[nH]c4cnc5nccc5c34)CC2)C1. The summed E-state index contributed by atoms with van der Waals surface area (Å²) in [5, 5.41) is 2.19. The quantitative estimate of drug-likeness (QED) is 0.547. The summed E-state index contributed by atoms with van der Waals surface area (Å²) in [6.07, 6.45) is 9.16. The third-order valence-corrected chi connectivity index (χ3v) is 9.08. The number of nitrogens with zero attached hydrogens (tertiary/aromatic N) is 4. The molecule has 2 saturated heterocycles. The summed E-state index contributed by atoms with van der Waals surface area (Å²) in [5.41, 5.74) is 2.91. The van der Waals surface area contributed by atoms with Crippen molar-refractivity contribution < 1.29 is 13.2 Å². The average molecular weight is 486 g/mol. The number of H-pyrrole nitrogens is 1. The van der Waals surface area contributed by atoms with E-state index in [-0.39, 0.29) is 17.8 Å². The van der Waals surface area contributed by atoms with Gasteiger partial charge in [0, 0.05) is 61.6 Å². The first-order chi connectivity index (χ1) is 16.4. The first kappa shape index (κ1) is 23.5. The maximum absolute atomic E-state index is 13.2. The fourth-order valence-corrected chi connectivity index (χ4v) is 7.21. The van der Waals surface area contributed by atoms with Crippen LogP contribution in [0.1, 0.15) is 39.5 Å². The molecule has 1 N–H and O–H groups in total. The van der Waals surface area contributed by atoms with Crippen molar-refractivity contribution in [2.75, 3.05) is 43.4 Å². The molecule has 3 aromatic rings. The number of ether oxygens (including phenoxy) is 1. The smallest absolute Gasteiger partial charge is 0.214 e. The van der Waals surface area contributed by atoms with Crippen molar-refractivity contribution in [1.82, 2.24) is 19.3 Å². The largest absolute Gasteiger partial charge is 0.377 e. The Labute approximate surface area is 201 Å². The van der Waals surface area contributed by atoms with Crippen LogP contribution >= 0.6 is 0 Å². The second kappa shape index (κ2) is 9.79. The van der Waals surface area contributed by atoms with E-state index in [2.05, 4.69) is 39.8 Å². The number of hydrogen-bond acceptors (Lipinski definition) is 6. The molecule has 0 saturated carbocycles. The number of hydrogen-bond donors (Lipinski definition) is 1. The van der Waals surface area contributed by atoms with Crippen molar-refractivity contribution in [3.63, 3.8) is 0 Å². The zero-order valence-electron chi connectivity index (χ0n) is 20.1. The lowest BCUT2D eigenvalue weighted by atomic mass is 9.98. The van der Waals surface area contributed by atoms with Crippen LogP contribution < -0.4 is 4.90 Å². The second-order valence-electron chi connectivity index (χ2n) is 10.2. The highest BCUT2D eigenvalue weighted by atomic mass is 32.2. The molecular weight excluding hydrogens is 450 g/mol. The Morgan fingerprint density at radius 2 is 1.97 bits per heavy atom. The van der Waals surface area contributed by atoms with E-state index in [1.54, 1.807) is 10.5 Å². The Balaban J connectivity index is 1.23. The van der Waals surface area contributed by atoms with Crippen LogP contribution in [-0.4, -0.2) is 72.3 Å². The Morgan fingerprint density at radius 3 is 2.76 bits per heavy atom. The van der Waals surface area contributed by atoms with Crippen LogP contribution in [0.15, 0.2) is 30.7 Å². The predicted octanol–water partition coefficient (Wildman–Crippen LogP) is 3.79. The minimum Gasteiger partial charge on any atom is -0.377 e. The molecule has 0 bridgehead atoms. The molecule has 0 aliphatic carbocycles. The van der Waals surface area contributed by atoms with Gasteiger partial charge < -0.3 is 14.6 Å². The molecular formula is C25H35N5O3S. The van der Waals surface area contributed by atoms with Crippen LogP contribution in [0, 0.1) is 11.8 Å². The summed E-state index contributed by atoms with van der Waals surface area (Å²) in [5.74, 6) is 0.878. The number of sulfonamides is 1. The number of fused-ring (bicyclic) bond motifs is 3. The van der Waals surface area contributed by atoms with Crippen LogP contribution in [0.25, 0.3) is 21.9 Å². The van der Waals surface area contributed by atoms with E-state index in [0.29, 0.717) is 25.6 Å². The Hall–Kier alpha value is -2.23. The van der Waals surface area contributed by atoms with E-state index in [1.165, 1.54) is 0 Å². The fraction of sp³-hybridized carbons (Fsp3) is 0.600. The molecule has 8 nitrogen and oxygen atoms in total. The van der Waals surface area contributed by atoms with Crippen LogP contribution in [-0.2, 0) is 14.8 Å². The molecule has 1 atom stereocenters. The summed E-state index contributed by atoms with van der Waals surface area (Å²) in [6.45, 7) is 7.73. The maximum Gasteiger partial charge on any atom is 0.214 e. The minimum absolute atomic E-state index is 0.0212. The van der Waals surface area contributed by atoms with Gasteiger partial charge in [0.25, 0.3) is 0 Å². The summed E-state index contributed by atoms with van der Waals surface area (Å²) in [6, 6.07) is 4.12. The van der Waals surface area contributed by atoms with Crippen molar-refractivity contribution in [2.24, 2.45) is 11.8 Å². The van der Waals surface area contributed by atoms with Gasteiger partial charge in [-0.3, -0.25) is 0 Å². The van der Waals surface area contributed by atoms with Gasteiger partial charge >= 0.3 is 0 Å². The van der Waals surface area contributed by atoms with Crippen molar-refractivity contribution in [1.29, 1.82) is 0 Å². The number of aromatic amines is 1. The van der Waals surface area contributed by atoms with Crippen LogP contribution in [0.3, 0.4) is 0 Å². The lowest BCUT2D eigenvalue weighted by Crippen LogP contribution is -2.46. The van der Waals surface area contributed by atoms with Gasteiger partial charge in [-0.15, -0.1) is 0 Å². The lowest BCUT2D eigenvalue weighted by Gasteiger charge is -2.36. The standard InChI is InChI=1S/C25H35N5O3S/c1-18(2)16-33-20-4-3-11-30(15-20)34(31,32)17-19-7-12-29(13-8-19)23-6-10-26-22-14-28-25-21(24(22)23)5-9-27-25/h5-6,9-10,14,18-20,26H,3-4,7-8,11-13,15-17H2,1-2H3. The molecule has 9 heteroatoms. The number of piperidine rings is 2. The zero-order chi connectivity index (χ0) is 23.7. The first-order valence-corrected chi connectivity index (χ1v) is 14.1. The van der Waals surface area contributed by atoms with Gasteiger partial charge in [0.05, 0.1) is 23.6 Å². The zero-order valence-corrected chi connectivity index (χ0v) is 20.9. The second-order valence-corrected chi connectivity index (χ2v) is 12.2. The Morgan fingerprint density at radius 1 is 1.15 bits per heavy atom. The minimum atomic E-state index is -3.28. The van der Waals surface area contributed by atoms with Gasteiger partial charge in [-0.2, -0.15) is 4.31 Å². The summed E-state index contributed by atoms with van der Waals surface area (Å²) in [4.78, 5) is 14.5. The molecule has 0 amide bonds. The van der Waals surface area contributed by atoms with E-state index in [0.717, 1.165) is 66.4 Å². The highest BCUT2D eigenvalue weighted by Crippen LogP contribution is 2.34. The van der Waals surface area contributed by atoms with Crippen molar-refractivity contribution in [3.05, 3.63) is 30.7 Å². The number of pyridine rings is 2. The molecule has 0 aromatic carbocycles. The normalized spacial score (nSPS) is 21.1. The number of rotatable bonds is 7. The number of aromatic nitrogens is 3. The summed E-state index contributed by atoms with van der Waals surface area (Å²) >= 11 is 0. The van der Waals surface area contributed by atoms with Gasteiger partial charge in [0.15, 0.2) is 5.65 Å². The van der Waals surface area contributed by atoms with Crippen molar-refractivity contribution in [3.8, 4) is 0 Å². The van der Waals surface area contributed by atoms with E-state index in [4.69, 9.17) is 4.74 Å². The van der Waals surface area contributed by atoms with Gasteiger partial charge in [-0.05, 0) is 49.7 Å². The predicted molar refractivity (Wildman–Crippen MR) is 136 cm³/mol. The van der Waals surface area contributed by atoms with Gasteiger partial charge in [-0.1, -0.05) is 13.8 Å². The third kappa shape index (κ3) is 4.92. The third-order valence-electron chi connectivity index (χ3n) is 7.07. The monoisotopic (exact) mass is 485 g/mol. The molecule has 0 spiro atoms. The van der Waals surface area contributed by atoms with Crippen LogP contribution in [0.5, 0.6) is 0 Å². The number of nitrogens with one attached hydrogen (secondary N) is 1. The van der Waals surface area contributed by atoms with Crippen molar-refractivity contribution in [2.45, 2.75) is 45.6 Å². The van der Waals surface area contributed by atoms with E-state index in [9.17, 15) is 8.42 Å². The van der Waals surface area contributed by atoms with Crippen molar-refractivity contribution >= 4 is 37.6 Å². The van der Waals surface area contributed by atoms with Gasteiger partial charge in [0.2, 0.25) is 10.0 Å². The topological polar surface area (TPSA) is 91.4 Å². The highest BCUT2D eigenvalue weighted by Gasteiger charge is 2.33. The Bertz CT molecular complexity index is 1230. The molecule has 1 unspecified atom stereocenters. The fourth-order valence-electron chi connectivity index (χ4n) is 5.27. The average Bonchev–Trinajstić information content (AvgIpc) is 3.32. The van der Waals surface area contributed by atoms with E-state index >= 15 is 0 Å². The molecule has 5 rings (SSSR count). The number of anilines is 1. The summed E-state index contributed by atoms with van der Waals surface area (Å²) in [7, 11) is -3.28.